The highest BCUT2D eigenvalue weighted by molar-refractivity contribution is 9.10. The number of hydrogen-bond acceptors (Lipinski definition) is 2. The maximum absolute atomic E-state index is 4.22. The summed E-state index contributed by atoms with van der Waals surface area (Å²) in [6, 6.07) is 10.5. The van der Waals surface area contributed by atoms with Crippen LogP contribution in [0.4, 0.5) is 5.82 Å². The molecule has 2 N–H and O–H groups in total. The molecular formula is C12H14BrN3. The van der Waals surface area contributed by atoms with E-state index in [0.29, 0.717) is 6.04 Å². The third-order valence-corrected chi connectivity index (χ3v) is 2.87. The molecule has 0 bridgehead atoms. The van der Waals surface area contributed by atoms with Gasteiger partial charge in [0.05, 0.1) is 5.69 Å². The van der Waals surface area contributed by atoms with Crippen molar-refractivity contribution in [3.05, 3.63) is 34.8 Å². The molecule has 1 heterocycles. The number of hydrogen-bond donors (Lipinski definition) is 2. The van der Waals surface area contributed by atoms with Crippen LogP contribution < -0.4 is 5.32 Å². The molecule has 0 saturated carbocycles. The standard InChI is InChI=1S/C12H14BrN3/c1-8(2)14-12-7-11(15-16-12)9-5-3-4-6-10(9)13/h3-8H,1-2H3,(H2,14,15,16). The van der Waals surface area contributed by atoms with Crippen LogP contribution in [-0.2, 0) is 0 Å². The van der Waals surface area contributed by atoms with Crippen LogP contribution in [0.5, 0.6) is 0 Å². The van der Waals surface area contributed by atoms with Gasteiger partial charge in [0.2, 0.25) is 0 Å². The van der Waals surface area contributed by atoms with E-state index in [9.17, 15) is 0 Å². The molecule has 0 amide bonds. The van der Waals surface area contributed by atoms with Crippen molar-refractivity contribution in [2.75, 3.05) is 5.32 Å². The summed E-state index contributed by atoms with van der Waals surface area (Å²) in [5, 5.41) is 10.5. The van der Waals surface area contributed by atoms with Crippen molar-refractivity contribution >= 4 is 21.7 Å². The minimum atomic E-state index is 0.385. The number of H-pyrrole nitrogens is 1. The highest BCUT2D eigenvalue weighted by Crippen LogP contribution is 2.27. The Hall–Kier alpha value is -1.29. The van der Waals surface area contributed by atoms with E-state index in [1.54, 1.807) is 0 Å². The van der Waals surface area contributed by atoms with Crippen LogP contribution in [0, 0.1) is 0 Å². The summed E-state index contributed by atoms with van der Waals surface area (Å²) >= 11 is 3.52. The van der Waals surface area contributed by atoms with Gasteiger partial charge in [-0.05, 0) is 19.9 Å². The molecule has 0 radical (unpaired) electrons. The van der Waals surface area contributed by atoms with E-state index in [2.05, 4.69) is 51.4 Å². The van der Waals surface area contributed by atoms with Crippen molar-refractivity contribution in [3.63, 3.8) is 0 Å². The summed E-state index contributed by atoms with van der Waals surface area (Å²) in [7, 11) is 0. The van der Waals surface area contributed by atoms with Crippen LogP contribution in [-0.4, -0.2) is 16.2 Å². The Labute approximate surface area is 103 Å². The van der Waals surface area contributed by atoms with Gasteiger partial charge in [0, 0.05) is 22.1 Å². The van der Waals surface area contributed by atoms with Gasteiger partial charge in [0.1, 0.15) is 5.82 Å². The first-order chi connectivity index (χ1) is 7.66. The van der Waals surface area contributed by atoms with Gasteiger partial charge in [-0.2, -0.15) is 5.10 Å². The number of nitrogens with zero attached hydrogens (tertiary/aromatic N) is 1. The van der Waals surface area contributed by atoms with Crippen molar-refractivity contribution in [3.8, 4) is 11.3 Å². The molecular weight excluding hydrogens is 266 g/mol. The van der Waals surface area contributed by atoms with Crippen molar-refractivity contribution in [1.82, 2.24) is 10.2 Å². The summed E-state index contributed by atoms with van der Waals surface area (Å²) < 4.78 is 1.06. The van der Waals surface area contributed by atoms with Gasteiger partial charge in [-0.15, -0.1) is 0 Å². The molecule has 1 aromatic heterocycles. The average Bonchev–Trinajstić information content (AvgIpc) is 2.66. The average molecular weight is 280 g/mol. The molecule has 0 atom stereocenters. The Balaban J connectivity index is 2.28. The predicted octanol–water partition coefficient (Wildman–Crippen LogP) is 3.66. The van der Waals surface area contributed by atoms with Crippen LogP contribution in [0.2, 0.25) is 0 Å². The first kappa shape index (κ1) is 11.2. The second-order valence-corrected chi connectivity index (χ2v) is 4.80. The van der Waals surface area contributed by atoms with Gasteiger partial charge in [0.15, 0.2) is 0 Å². The van der Waals surface area contributed by atoms with E-state index >= 15 is 0 Å². The molecule has 3 nitrogen and oxygen atoms in total. The highest BCUT2D eigenvalue weighted by Gasteiger charge is 2.06. The van der Waals surface area contributed by atoms with Crippen molar-refractivity contribution in [1.29, 1.82) is 0 Å². The van der Waals surface area contributed by atoms with Crippen LogP contribution in [0.1, 0.15) is 13.8 Å². The first-order valence-electron chi connectivity index (χ1n) is 5.23. The molecule has 1 aromatic carbocycles. The molecule has 0 fully saturated rings. The number of aromatic amines is 1. The zero-order chi connectivity index (χ0) is 11.5. The molecule has 0 unspecified atom stereocenters. The summed E-state index contributed by atoms with van der Waals surface area (Å²) in [5.74, 6) is 0.876. The maximum atomic E-state index is 4.22. The lowest BCUT2D eigenvalue weighted by atomic mass is 10.1. The Morgan fingerprint density at radius 3 is 2.75 bits per heavy atom. The molecule has 2 aromatic rings. The summed E-state index contributed by atoms with van der Waals surface area (Å²) in [6.07, 6.45) is 0. The summed E-state index contributed by atoms with van der Waals surface area (Å²) in [5.41, 5.74) is 2.13. The fourth-order valence-electron chi connectivity index (χ4n) is 1.51. The Morgan fingerprint density at radius 1 is 1.31 bits per heavy atom. The molecule has 0 saturated heterocycles. The third kappa shape index (κ3) is 2.44. The number of anilines is 1. The van der Waals surface area contributed by atoms with Gasteiger partial charge in [-0.3, -0.25) is 5.10 Å². The number of nitrogens with one attached hydrogen (secondary N) is 2. The zero-order valence-corrected chi connectivity index (χ0v) is 10.9. The number of halogens is 1. The number of aromatic nitrogens is 2. The van der Waals surface area contributed by atoms with E-state index in [-0.39, 0.29) is 0 Å². The predicted molar refractivity (Wildman–Crippen MR) is 70.5 cm³/mol. The highest BCUT2D eigenvalue weighted by atomic mass is 79.9. The topological polar surface area (TPSA) is 40.7 Å². The molecule has 4 heteroatoms. The molecule has 2 rings (SSSR count). The van der Waals surface area contributed by atoms with E-state index < -0.39 is 0 Å². The first-order valence-corrected chi connectivity index (χ1v) is 6.03. The lowest BCUT2D eigenvalue weighted by molar-refractivity contribution is 0.884. The second kappa shape index (κ2) is 4.70. The molecule has 0 spiro atoms. The Morgan fingerprint density at radius 2 is 2.06 bits per heavy atom. The van der Waals surface area contributed by atoms with E-state index in [1.807, 2.05) is 24.3 Å². The van der Waals surface area contributed by atoms with Gasteiger partial charge in [0.25, 0.3) is 0 Å². The van der Waals surface area contributed by atoms with Crippen molar-refractivity contribution in [2.45, 2.75) is 19.9 Å². The minimum Gasteiger partial charge on any atom is -0.366 e. The molecule has 0 aliphatic heterocycles. The van der Waals surface area contributed by atoms with Crippen LogP contribution >= 0.6 is 15.9 Å². The van der Waals surface area contributed by atoms with Crippen molar-refractivity contribution < 1.29 is 0 Å². The number of benzene rings is 1. The summed E-state index contributed by atoms with van der Waals surface area (Å²) in [4.78, 5) is 0. The van der Waals surface area contributed by atoms with Gasteiger partial charge >= 0.3 is 0 Å². The fourth-order valence-corrected chi connectivity index (χ4v) is 2.01. The van der Waals surface area contributed by atoms with Crippen LogP contribution in [0.3, 0.4) is 0 Å². The number of rotatable bonds is 3. The largest absolute Gasteiger partial charge is 0.366 e. The lowest BCUT2D eigenvalue weighted by Gasteiger charge is -2.04. The van der Waals surface area contributed by atoms with E-state index in [4.69, 9.17) is 0 Å². The van der Waals surface area contributed by atoms with E-state index in [1.165, 1.54) is 0 Å². The van der Waals surface area contributed by atoms with E-state index in [0.717, 1.165) is 21.5 Å². The monoisotopic (exact) mass is 279 g/mol. The molecule has 84 valence electrons. The zero-order valence-electron chi connectivity index (χ0n) is 9.29. The van der Waals surface area contributed by atoms with Gasteiger partial charge < -0.3 is 5.32 Å². The van der Waals surface area contributed by atoms with Crippen LogP contribution in [0.15, 0.2) is 34.8 Å². The smallest absolute Gasteiger partial charge is 0.148 e. The van der Waals surface area contributed by atoms with Gasteiger partial charge in [-0.25, -0.2) is 0 Å². The SMILES string of the molecule is CC(C)Nc1cc(-c2ccccc2Br)[nH]n1. The third-order valence-electron chi connectivity index (χ3n) is 2.18. The Bertz CT molecular complexity index is 477. The van der Waals surface area contributed by atoms with Crippen molar-refractivity contribution in [2.24, 2.45) is 0 Å². The maximum Gasteiger partial charge on any atom is 0.148 e. The van der Waals surface area contributed by atoms with Crippen LogP contribution in [0.25, 0.3) is 11.3 Å². The van der Waals surface area contributed by atoms with Gasteiger partial charge in [-0.1, -0.05) is 34.1 Å². The fraction of sp³-hybridized carbons (Fsp3) is 0.250. The molecule has 0 aliphatic rings. The quantitative estimate of drug-likeness (QED) is 0.900. The summed E-state index contributed by atoms with van der Waals surface area (Å²) in [6.45, 7) is 4.18. The Kier molecular flexibility index (Phi) is 3.29. The minimum absolute atomic E-state index is 0.385. The molecule has 0 aliphatic carbocycles. The molecule has 16 heavy (non-hydrogen) atoms. The lowest BCUT2D eigenvalue weighted by Crippen LogP contribution is -2.09. The second-order valence-electron chi connectivity index (χ2n) is 3.95. The normalized spacial score (nSPS) is 10.8.